The number of nitrogens with one attached hydrogen (secondary N) is 1. The first kappa shape index (κ1) is 27.2. The van der Waals surface area contributed by atoms with Gasteiger partial charge in [0.25, 0.3) is 0 Å². The van der Waals surface area contributed by atoms with Crippen LogP contribution in [0.1, 0.15) is 44.1 Å². The molecule has 3 unspecified atom stereocenters. The number of aliphatic hydroxyl groups excluding tert-OH is 3. The third-order valence-corrected chi connectivity index (χ3v) is 8.03. The Morgan fingerprint density at radius 3 is 2.53 bits per heavy atom. The maximum Gasteiger partial charge on any atom is 0.247 e. The highest BCUT2D eigenvalue weighted by Gasteiger charge is 2.44. The van der Waals surface area contributed by atoms with Gasteiger partial charge in [0.05, 0.1) is 29.9 Å². The smallest absolute Gasteiger partial charge is 0.247 e. The Labute approximate surface area is 225 Å². The number of nitrogens with zero attached hydrogens (tertiary/aromatic N) is 1. The summed E-state index contributed by atoms with van der Waals surface area (Å²) < 4.78 is 12.4. The molecule has 1 aromatic carbocycles. The Bertz CT molecular complexity index is 993. The number of rotatable bonds is 11. The third kappa shape index (κ3) is 6.15. The number of benzene rings is 1. The van der Waals surface area contributed by atoms with E-state index >= 15 is 0 Å². The van der Waals surface area contributed by atoms with E-state index in [2.05, 4.69) is 27.9 Å². The maximum atomic E-state index is 13.4. The molecule has 1 aromatic rings. The number of carbonyl (C=O) groups excluding carboxylic acids is 2. The second-order valence-electron chi connectivity index (χ2n) is 9.84. The number of hydrogen-bond acceptors (Lipinski definition) is 7. The number of amides is 2. The molecule has 2 fully saturated rings. The lowest BCUT2D eigenvalue weighted by atomic mass is 9.82. The van der Waals surface area contributed by atoms with Crippen LogP contribution < -0.4 is 14.8 Å². The fraction of sp³-hybridized carbons (Fsp3) is 0.615. The molecule has 4 rings (SSSR count). The molecule has 9 nitrogen and oxygen atoms in total. The van der Waals surface area contributed by atoms with E-state index in [4.69, 9.17) is 14.6 Å². The van der Waals surface area contributed by atoms with Gasteiger partial charge < -0.3 is 35.0 Å². The van der Waals surface area contributed by atoms with Crippen LogP contribution in [-0.2, 0) is 16.2 Å². The van der Waals surface area contributed by atoms with Crippen molar-refractivity contribution in [3.05, 3.63) is 32.9 Å². The molecule has 2 saturated carbocycles. The minimum Gasteiger partial charge on any atom is -0.493 e. The summed E-state index contributed by atoms with van der Waals surface area (Å²) in [6.07, 6.45) is 4.71. The summed E-state index contributed by atoms with van der Waals surface area (Å²) in [5, 5.41) is 32.9. The van der Waals surface area contributed by atoms with E-state index < -0.39 is 18.2 Å². The number of ether oxygens (including phenoxy) is 2. The Kier molecular flexibility index (Phi) is 9.13. The van der Waals surface area contributed by atoms with Gasteiger partial charge in [-0.3, -0.25) is 9.59 Å². The van der Waals surface area contributed by atoms with Crippen molar-refractivity contribution in [2.75, 3.05) is 26.8 Å². The van der Waals surface area contributed by atoms with Gasteiger partial charge in [-0.15, -0.1) is 0 Å². The number of halogens is 1. The molecule has 0 aliphatic heterocycles. The zero-order chi connectivity index (χ0) is 25.8. The topological polar surface area (TPSA) is 129 Å². The lowest BCUT2D eigenvalue weighted by Gasteiger charge is -2.43. The molecule has 3 aliphatic rings. The van der Waals surface area contributed by atoms with Crippen molar-refractivity contribution in [3.8, 4) is 11.5 Å². The lowest BCUT2D eigenvalue weighted by molar-refractivity contribution is -0.145. The lowest BCUT2D eigenvalue weighted by Crippen LogP contribution is -2.57. The Morgan fingerprint density at radius 2 is 1.94 bits per heavy atom. The molecule has 0 saturated heterocycles. The standard InChI is InChI=1S/C26H35IN2O7/c1-35-22-10-16(14-31)9-19(27)24(22)36-21-12-18(25(33)28-7-8-30)11-20(23(21)32)29(13-15-5-6-15)26(34)17-3-2-4-17/h9-10,12,15,17,20-21,23,30-32H,2-8,11,13-14H2,1H3,(H,28,33). The van der Waals surface area contributed by atoms with Crippen molar-refractivity contribution >= 4 is 34.4 Å². The van der Waals surface area contributed by atoms with E-state index in [9.17, 15) is 19.8 Å². The monoisotopic (exact) mass is 614 g/mol. The predicted molar refractivity (Wildman–Crippen MR) is 140 cm³/mol. The van der Waals surface area contributed by atoms with Gasteiger partial charge in [0, 0.05) is 31.0 Å². The number of hydrogen-bond donors (Lipinski definition) is 4. The van der Waals surface area contributed by atoms with E-state index in [1.807, 2.05) is 0 Å². The molecule has 0 bridgehead atoms. The largest absolute Gasteiger partial charge is 0.493 e. The van der Waals surface area contributed by atoms with Crippen molar-refractivity contribution in [1.82, 2.24) is 10.2 Å². The molecule has 3 atom stereocenters. The molecule has 0 spiro atoms. The van der Waals surface area contributed by atoms with Crippen LogP contribution >= 0.6 is 22.6 Å². The summed E-state index contributed by atoms with van der Waals surface area (Å²) in [6, 6.07) is 2.83. The van der Waals surface area contributed by atoms with Crippen LogP contribution in [0.5, 0.6) is 11.5 Å². The summed E-state index contributed by atoms with van der Waals surface area (Å²) in [5.41, 5.74) is 1.07. The molecule has 198 valence electrons. The average Bonchev–Trinajstić information content (AvgIpc) is 3.66. The molecule has 10 heteroatoms. The van der Waals surface area contributed by atoms with Crippen LogP contribution in [0.2, 0.25) is 0 Å². The van der Waals surface area contributed by atoms with E-state index in [1.165, 1.54) is 7.11 Å². The first-order chi connectivity index (χ1) is 17.4. The number of carbonyl (C=O) groups is 2. The highest BCUT2D eigenvalue weighted by atomic mass is 127. The van der Waals surface area contributed by atoms with Crippen LogP contribution in [0.15, 0.2) is 23.8 Å². The van der Waals surface area contributed by atoms with E-state index in [1.54, 1.807) is 23.1 Å². The van der Waals surface area contributed by atoms with Gasteiger partial charge in [0.2, 0.25) is 11.8 Å². The molecule has 2 amide bonds. The van der Waals surface area contributed by atoms with Crippen LogP contribution in [0.4, 0.5) is 0 Å². The van der Waals surface area contributed by atoms with Crippen molar-refractivity contribution in [2.45, 2.75) is 63.4 Å². The summed E-state index contributed by atoms with van der Waals surface area (Å²) in [5.74, 6) is 0.887. The first-order valence-corrected chi connectivity index (χ1v) is 13.7. The second-order valence-corrected chi connectivity index (χ2v) is 11.0. The molecule has 0 heterocycles. The molecular formula is C26H35IN2O7. The Balaban J connectivity index is 1.66. The van der Waals surface area contributed by atoms with Gasteiger partial charge in [0.1, 0.15) is 12.2 Å². The van der Waals surface area contributed by atoms with E-state index in [0.29, 0.717) is 38.7 Å². The summed E-state index contributed by atoms with van der Waals surface area (Å²) in [4.78, 5) is 28.2. The molecule has 0 radical (unpaired) electrons. The highest BCUT2D eigenvalue weighted by molar-refractivity contribution is 14.1. The quantitative estimate of drug-likeness (QED) is 0.280. The van der Waals surface area contributed by atoms with Crippen LogP contribution in [-0.4, -0.2) is 77.1 Å². The van der Waals surface area contributed by atoms with Crippen LogP contribution in [0.25, 0.3) is 0 Å². The van der Waals surface area contributed by atoms with Gasteiger partial charge in [-0.25, -0.2) is 0 Å². The van der Waals surface area contributed by atoms with Gasteiger partial charge in [0.15, 0.2) is 11.5 Å². The van der Waals surface area contributed by atoms with Crippen molar-refractivity contribution < 1.29 is 34.4 Å². The fourth-order valence-corrected chi connectivity index (χ4v) is 5.54. The summed E-state index contributed by atoms with van der Waals surface area (Å²) >= 11 is 2.08. The van der Waals surface area contributed by atoms with E-state index in [0.717, 1.165) is 32.1 Å². The first-order valence-electron chi connectivity index (χ1n) is 12.6. The minimum atomic E-state index is -1.06. The summed E-state index contributed by atoms with van der Waals surface area (Å²) in [7, 11) is 1.50. The molecule has 3 aliphatic carbocycles. The van der Waals surface area contributed by atoms with Gasteiger partial charge in [-0.05, 0) is 78.0 Å². The second kappa shape index (κ2) is 12.1. The van der Waals surface area contributed by atoms with Crippen LogP contribution in [0.3, 0.4) is 0 Å². The Morgan fingerprint density at radius 1 is 1.19 bits per heavy atom. The maximum absolute atomic E-state index is 13.4. The SMILES string of the molecule is COc1cc(CO)cc(I)c1OC1C=C(C(=O)NCCO)CC(N(CC2CC2)C(=O)C2CCC2)C1O. The molecule has 36 heavy (non-hydrogen) atoms. The van der Waals surface area contributed by atoms with E-state index in [-0.39, 0.29) is 43.9 Å². The number of methoxy groups -OCH3 is 1. The average molecular weight is 614 g/mol. The third-order valence-electron chi connectivity index (χ3n) is 7.23. The summed E-state index contributed by atoms with van der Waals surface area (Å²) in [6.45, 7) is 0.332. The zero-order valence-corrected chi connectivity index (χ0v) is 22.6. The fourth-order valence-electron chi connectivity index (χ4n) is 4.75. The van der Waals surface area contributed by atoms with Crippen molar-refractivity contribution in [1.29, 1.82) is 0 Å². The molecule has 0 aromatic heterocycles. The molecular weight excluding hydrogens is 579 g/mol. The van der Waals surface area contributed by atoms with Gasteiger partial charge in [-0.1, -0.05) is 6.42 Å². The molecule has 4 N–H and O–H groups in total. The van der Waals surface area contributed by atoms with Gasteiger partial charge >= 0.3 is 0 Å². The minimum absolute atomic E-state index is 0.0278. The van der Waals surface area contributed by atoms with Crippen molar-refractivity contribution in [2.24, 2.45) is 11.8 Å². The normalized spacial score (nSPS) is 23.9. The van der Waals surface area contributed by atoms with Crippen molar-refractivity contribution in [3.63, 3.8) is 0 Å². The zero-order valence-electron chi connectivity index (χ0n) is 20.5. The Hall–Kier alpha value is -1.89. The van der Waals surface area contributed by atoms with Crippen LogP contribution in [0, 0.1) is 15.4 Å². The predicted octanol–water partition coefficient (Wildman–Crippen LogP) is 1.75. The van der Waals surface area contributed by atoms with Gasteiger partial charge in [-0.2, -0.15) is 0 Å². The number of aliphatic hydroxyl groups is 3. The highest BCUT2D eigenvalue weighted by Crippen LogP contribution is 2.39.